The zero-order chi connectivity index (χ0) is 23.3. The molecule has 2 rings (SSSR count). The van der Waals surface area contributed by atoms with Crippen molar-refractivity contribution in [3.05, 3.63) is 23.8 Å². The molecule has 0 bridgehead atoms. The van der Waals surface area contributed by atoms with E-state index in [9.17, 15) is 24.6 Å². The van der Waals surface area contributed by atoms with E-state index in [4.69, 9.17) is 4.74 Å². The zero-order valence-electron chi connectivity index (χ0n) is 18.1. The minimum atomic E-state index is -1.40. The van der Waals surface area contributed by atoms with Gasteiger partial charge >= 0.3 is 187 Å². The van der Waals surface area contributed by atoms with E-state index in [0.29, 0.717) is 25.3 Å². The third-order valence-corrected chi connectivity index (χ3v) is 7.16. The predicted molar refractivity (Wildman–Crippen MR) is 122 cm³/mol. The maximum atomic E-state index is 12.5. The van der Waals surface area contributed by atoms with Crippen molar-refractivity contribution in [3.63, 3.8) is 0 Å². The van der Waals surface area contributed by atoms with Crippen LogP contribution >= 0.6 is 0 Å². The van der Waals surface area contributed by atoms with Gasteiger partial charge < -0.3 is 0 Å². The summed E-state index contributed by atoms with van der Waals surface area (Å²) in [5, 5.41) is 28.3. The molecule has 1 aromatic rings. The summed E-state index contributed by atoms with van der Waals surface area (Å²) in [6.45, 7) is 4.49. The number of guanidine groups is 1. The molecule has 0 saturated carbocycles. The molecule has 2 atom stereocenters. The molecule has 0 aliphatic carbocycles. The Morgan fingerprint density at radius 2 is 2.16 bits per heavy atom. The number of amides is 1. The molecule has 5 N–H and O–H groups in total. The summed E-state index contributed by atoms with van der Waals surface area (Å²) >= 11 is -1.40. The van der Waals surface area contributed by atoms with Crippen LogP contribution < -0.4 is 20.7 Å². The van der Waals surface area contributed by atoms with E-state index in [1.165, 1.54) is 12.1 Å². The Morgan fingerprint density at radius 3 is 2.81 bits per heavy atom. The number of carbonyl (C=O) groups excluding carboxylic acids is 2. The molecule has 32 heavy (non-hydrogen) atoms. The van der Waals surface area contributed by atoms with Crippen molar-refractivity contribution in [2.75, 3.05) is 26.2 Å². The number of aromatic hydroxyl groups is 1. The number of rotatable bonds is 13. The topological polar surface area (TPSA) is 149 Å². The molecule has 1 amide bonds. The number of phenolic OH excluding ortho intramolecular Hbond substituents is 1. The first kappa shape index (κ1) is 25.5. The van der Waals surface area contributed by atoms with Crippen LogP contribution in [0.1, 0.15) is 43.0 Å². The first-order valence-electron chi connectivity index (χ1n) is 10.7. The van der Waals surface area contributed by atoms with E-state index in [1.54, 1.807) is 6.07 Å². The molecular weight excluding hydrogens is 479 g/mol. The average molecular weight is 510 g/mol. The summed E-state index contributed by atoms with van der Waals surface area (Å²) in [4.78, 5) is 40.0. The Morgan fingerprint density at radius 1 is 1.34 bits per heavy atom. The number of aliphatic imine (C=N–C) groups is 1. The van der Waals surface area contributed by atoms with Crippen LogP contribution in [-0.2, 0) is 9.59 Å². The van der Waals surface area contributed by atoms with Crippen LogP contribution in [0, 0.1) is 0 Å². The Labute approximate surface area is 193 Å². The number of carbonyl (C=O) groups is 3. The standard InChI is InChI=1S/C21H31AsN4O6/c1-2-3-5-18(28)26-16(20(30)31)13-22-19(29)15-7-6-14(12-17(15)27)32-11-10-25-21-23-8-4-9-24-21/h6-7,12,16,22,27H,2-5,8-11,13H2,1H3,(H,26,28)(H,30,31)(H2,23,24,25)/t16-/m1/s1. The number of benzene rings is 1. The Bertz CT molecular complexity index is 833. The van der Waals surface area contributed by atoms with Gasteiger partial charge in [-0.3, -0.25) is 0 Å². The summed E-state index contributed by atoms with van der Waals surface area (Å²) in [6, 6.07) is 3.35. The number of ether oxygens (including phenoxy) is 1. The van der Waals surface area contributed by atoms with Gasteiger partial charge in [0.15, 0.2) is 0 Å². The normalized spacial score (nSPS) is 14.3. The number of phenols is 1. The molecule has 11 heteroatoms. The number of nitrogens with zero attached hydrogens (tertiary/aromatic N) is 1. The fraction of sp³-hybridized carbons (Fsp3) is 0.524. The molecule has 1 unspecified atom stereocenters. The first-order chi connectivity index (χ1) is 15.4. The van der Waals surface area contributed by atoms with Crippen molar-refractivity contribution in [2.24, 2.45) is 4.99 Å². The second-order valence-corrected chi connectivity index (χ2v) is 9.79. The molecular formula is C21H31AsN4O6. The Balaban J connectivity index is 1.81. The number of aliphatic carboxylic acids is 1. The van der Waals surface area contributed by atoms with E-state index in [2.05, 4.69) is 20.9 Å². The number of carboxylic acid groups (broad SMARTS) is 1. The fourth-order valence-corrected chi connectivity index (χ4v) is 5.12. The molecule has 0 saturated heterocycles. The maximum absolute atomic E-state index is 12.5. The minimum absolute atomic E-state index is 0.0628. The summed E-state index contributed by atoms with van der Waals surface area (Å²) in [5.41, 5.74) is 0.137. The number of hydrogen-bond donors (Lipinski definition) is 5. The van der Waals surface area contributed by atoms with Gasteiger partial charge in [-0.1, -0.05) is 0 Å². The summed E-state index contributed by atoms with van der Waals surface area (Å²) in [6.07, 6.45) is 2.78. The summed E-state index contributed by atoms with van der Waals surface area (Å²) in [7, 11) is 0. The third-order valence-electron chi connectivity index (χ3n) is 4.63. The van der Waals surface area contributed by atoms with Crippen LogP contribution in [0.3, 0.4) is 0 Å². The van der Waals surface area contributed by atoms with E-state index in [-0.39, 0.29) is 33.4 Å². The van der Waals surface area contributed by atoms with Crippen molar-refractivity contribution >= 4 is 38.2 Å². The van der Waals surface area contributed by atoms with Crippen LogP contribution in [-0.4, -0.2) is 80.7 Å². The molecule has 10 nitrogen and oxygen atoms in total. The van der Waals surface area contributed by atoms with Gasteiger partial charge in [0, 0.05) is 0 Å². The van der Waals surface area contributed by atoms with Gasteiger partial charge in [0.05, 0.1) is 0 Å². The van der Waals surface area contributed by atoms with Crippen molar-refractivity contribution in [2.45, 2.75) is 43.9 Å². The second kappa shape index (κ2) is 13.6. The van der Waals surface area contributed by atoms with Gasteiger partial charge in [-0.2, -0.15) is 0 Å². The number of carboxylic acids is 1. The number of nitrogens with one attached hydrogen (secondary N) is 3. The van der Waals surface area contributed by atoms with Crippen LogP contribution in [0.15, 0.2) is 23.2 Å². The van der Waals surface area contributed by atoms with E-state index in [1.807, 2.05) is 6.92 Å². The SMILES string of the molecule is CCCCC(=O)N[C@H](C[AsH]C(=O)c1ccc(OCCNC2=NCCCN2)cc1O)C(=O)O. The molecule has 1 aliphatic rings. The molecule has 1 aliphatic heterocycles. The van der Waals surface area contributed by atoms with Crippen LogP contribution in [0.4, 0.5) is 0 Å². The number of unbranched alkanes of at least 4 members (excludes halogenated alkanes) is 1. The second-order valence-electron chi connectivity index (χ2n) is 7.24. The first-order valence-corrected chi connectivity index (χ1v) is 13.2. The van der Waals surface area contributed by atoms with Gasteiger partial charge in [0.25, 0.3) is 0 Å². The molecule has 176 valence electrons. The van der Waals surface area contributed by atoms with Crippen molar-refractivity contribution in [3.8, 4) is 11.5 Å². The monoisotopic (exact) mass is 510 g/mol. The van der Waals surface area contributed by atoms with E-state index >= 15 is 0 Å². The van der Waals surface area contributed by atoms with Gasteiger partial charge in [-0.25, -0.2) is 0 Å². The summed E-state index contributed by atoms with van der Waals surface area (Å²) in [5.74, 6) is -0.535. The molecule has 1 aromatic carbocycles. The van der Waals surface area contributed by atoms with Crippen LogP contribution in [0.2, 0.25) is 5.21 Å². The van der Waals surface area contributed by atoms with Crippen molar-refractivity contribution < 1.29 is 29.3 Å². The van der Waals surface area contributed by atoms with Crippen molar-refractivity contribution in [1.82, 2.24) is 16.0 Å². The number of hydrogen-bond acceptors (Lipinski definition) is 8. The van der Waals surface area contributed by atoms with Gasteiger partial charge in [0.2, 0.25) is 0 Å². The van der Waals surface area contributed by atoms with Crippen LogP contribution in [0.25, 0.3) is 0 Å². The molecule has 0 spiro atoms. The fourth-order valence-electron chi connectivity index (χ4n) is 2.88. The predicted octanol–water partition coefficient (Wildman–Crippen LogP) is 0.465. The quantitative estimate of drug-likeness (QED) is 0.190. The van der Waals surface area contributed by atoms with Gasteiger partial charge in [0.1, 0.15) is 0 Å². The van der Waals surface area contributed by atoms with Gasteiger partial charge in [-0.05, 0) is 6.42 Å². The molecule has 0 radical (unpaired) electrons. The molecule has 0 aromatic heterocycles. The molecule has 0 fully saturated rings. The van der Waals surface area contributed by atoms with E-state index < -0.39 is 27.8 Å². The third kappa shape index (κ3) is 8.78. The Kier molecular flexibility index (Phi) is 10.9. The zero-order valence-corrected chi connectivity index (χ0v) is 20.2. The average Bonchev–Trinajstić information content (AvgIpc) is 2.78. The van der Waals surface area contributed by atoms with Crippen molar-refractivity contribution in [1.29, 1.82) is 0 Å². The van der Waals surface area contributed by atoms with Gasteiger partial charge in [-0.15, -0.1) is 0 Å². The molecule has 1 heterocycles. The van der Waals surface area contributed by atoms with E-state index in [0.717, 1.165) is 31.9 Å². The summed E-state index contributed by atoms with van der Waals surface area (Å²) < 4.78 is 5.30. The van der Waals surface area contributed by atoms with Crippen LogP contribution in [0.5, 0.6) is 11.5 Å². The Hall–Kier alpha value is -2.74.